The van der Waals surface area contributed by atoms with Crippen LogP contribution in [0.25, 0.3) is 17.8 Å². The molecule has 1 amide bonds. The summed E-state index contributed by atoms with van der Waals surface area (Å²) in [6, 6.07) is 4.36. The summed E-state index contributed by atoms with van der Waals surface area (Å²) < 4.78 is 79.1. The van der Waals surface area contributed by atoms with Crippen molar-refractivity contribution in [1.29, 1.82) is 5.41 Å². The lowest BCUT2D eigenvalue weighted by Gasteiger charge is -2.11. The number of primary amides is 1. The summed E-state index contributed by atoms with van der Waals surface area (Å²) in [5, 5.41) is 11.1. The number of hydrogen-bond acceptors (Lipinski definition) is 5. The zero-order valence-electron chi connectivity index (χ0n) is 17.4. The van der Waals surface area contributed by atoms with Gasteiger partial charge in [0.05, 0.1) is 16.7 Å². The van der Waals surface area contributed by atoms with Crippen molar-refractivity contribution in [3.8, 4) is 0 Å². The Kier molecular flexibility index (Phi) is 7.82. The molecule has 13 heteroatoms. The quantitative estimate of drug-likeness (QED) is 0.178. The molecular formula is C21H18F6N6O. The molecular weight excluding hydrogens is 466 g/mol. The fourth-order valence-electron chi connectivity index (χ4n) is 2.60. The summed E-state index contributed by atoms with van der Waals surface area (Å²) in [6.45, 7) is 0.968. The first-order valence-electron chi connectivity index (χ1n) is 9.30. The van der Waals surface area contributed by atoms with Crippen molar-refractivity contribution in [3.05, 3.63) is 70.9 Å². The third-order valence-electron chi connectivity index (χ3n) is 4.29. The van der Waals surface area contributed by atoms with Gasteiger partial charge in [-0.05, 0) is 36.8 Å². The van der Waals surface area contributed by atoms with Gasteiger partial charge in [0.1, 0.15) is 6.33 Å². The summed E-state index contributed by atoms with van der Waals surface area (Å²) in [7, 11) is 0. The van der Waals surface area contributed by atoms with Crippen molar-refractivity contribution >= 4 is 35.7 Å². The SMILES string of the molecule is C\C=C(/C=C(\C=C\c1ncn(/C=C(/C(N)=O)c2ccc(C=N)c(N)c2)n1)C(F)(F)F)C(F)(F)F. The Morgan fingerprint density at radius 2 is 1.76 bits per heavy atom. The summed E-state index contributed by atoms with van der Waals surface area (Å²) >= 11 is 0. The van der Waals surface area contributed by atoms with Crippen LogP contribution in [0.2, 0.25) is 0 Å². The first-order valence-corrected chi connectivity index (χ1v) is 9.30. The van der Waals surface area contributed by atoms with Crippen LogP contribution in [0, 0.1) is 5.41 Å². The summed E-state index contributed by atoms with van der Waals surface area (Å²) in [5.74, 6) is -1.15. The van der Waals surface area contributed by atoms with Gasteiger partial charge >= 0.3 is 12.4 Å². The minimum absolute atomic E-state index is 0.0268. The molecule has 2 aromatic rings. The van der Waals surface area contributed by atoms with Crippen molar-refractivity contribution in [2.75, 3.05) is 5.73 Å². The van der Waals surface area contributed by atoms with E-state index in [0.717, 1.165) is 36.4 Å². The maximum Gasteiger partial charge on any atom is 0.416 e. The number of rotatable bonds is 7. The Labute approximate surface area is 189 Å². The fourth-order valence-corrected chi connectivity index (χ4v) is 2.60. The average molecular weight is 484 g/mol. The number of alkyl halides is 6. The Morgan fingerprint density at radius 1 is 1.12 bits per heavy atom. The number of benzene rings is 1. The zero-order chi connectivity index (χ0) is 25.7. The van der Waals surface area contributed by atoms with Crippen LogP contribution >= 0.6 is 0 Å². The molecule has 0 spiro atoms. The van der Waals surface area contributed by atoms with E-state index in [1.54, 1.807) is 0 Å². The van der Waals surface area contributed by atoms with E-state index in [-0.39, 0.29) is 28.7 Å². The summed E-state index contributed by atoms with van der Waals surface area (Å²) in [4.78, 5) is 15.6. The second-order valence-corrected chi connectivity index (χ2v) is 6.65. The molecule has 0 atom stereocenters. The van der Waals surface area contributed by atoms with Gasteiger partial charge in [0.2, 0.25) is 0 Å². The number of hydrogen-bond donors (Lipinski definition) is 3. The van der Waals surface area contributed by atoms with Gasteiger partial charge in [-0.25, -0.2) is 9.67 Å². The van der Waals surface area contributed by atoms with Gasteiger partial charge in [0.25, 0.3) is 5.91 Å². The van der Waals surface area contributed by atoms with E-state index in [9.17, 15) is 31.1 Å². The number of anilines is 1. The second kappa shape index (κ2) is 10.2. The van der Waals surface area contributed by atoms with Crippen molar-refractivity contribution in [1.82, 2.24) is 14.8 Å². The van der Waals surface area contributed by atoms with Gasteiger partial charge in [-0.15, -0.1) is 5.10 Å². The van der Waals surface area contributed by atoms with Crippen molar-refractivity contribution in [3.63, 3.8) is 0 Å². The largest absolute Gasteiger partial charge is 0.416 e. The molecule has 180 valence electrons. The van der Waals surface area contributed by atoms with E-state index in [0.29, 0.717) is 17.7 Å². The second-order valence-electron chi connectivity index (χ2n) is 6.65. The van der Waals surface area contributed by atoms with E-state index in [4.69, 9.17) is 16.9 Å². The first-order chi connectivity index (χ1) is 15.8. The predicted molar refractivity (Wildman–Crippen MR) is 115 cm³/mol. The molecule has 34 heavy (non-hydrogen) atoms. The number of carbonyl (C=O) groups is 1. The zero-order valence-corrected chi connectivity index (χ0v) is 17.4. The van der Waals surface area contributed by atoms with E-state index >= 15 is 0 Å². The molecule has 5 N–H and O–H groups in total. The number of amides is 1. The standard InChI is InChI=1S/C21H18F6N6O/c1-2-14(20(22,23)24)8-15(21(25,26)27)5-6-18-31-11-33(32-18)10-16(19(30)34)12-3-4-13(9-28)17(29)7-12/h2-11,28H,29H2,1H3,(H2,30,34)/b6-5+,14-2+,15-8+,16-10+,28-9?. The Morgan fingerprint density at radius 3 is 2.26 bits per heavy atom. The lowest BCUT2D eigenvalue weighted by molar-refractivity contribution is -0.112. The van der Waals surface area contributed by atoms with E-state index < -0.39 is 29.4 Å². The van der Waals surface area contributed by atoms with Crippen LogP contribution < -0.4 is 11.5 Å². The smallest absolute Gasteiger partial charge is 0.398 e. The predicted octanol–water partition coefficient (Wildman–Crippen LogP) is 4.35. The highest BCUT2D eigenvalue weighted by Gasteiger charge is 2.37. The van der Waals surface area contributed by atoms with Crippen LogP contribution in [0.1, 0.15) is 23.9 Å². The molecule has 0 aliphatic rings. The molecule has 0 saturated carbocycles. The van der Waals surface area contributed by atoms with Crippen LogP contribution in [0.15, 0.2) is 53.9 Å². The van der Waals surface area contributed by atoms with Gasteiger partial charge in [-0.2, -0.15) is 26.3 Å². The van der Waals surface area contributed by atoms with Crippen molar-refractivity contribution < 1.29 is 31.1 Å². The maximum absolute atomic E-state index is 13.2. The van der Waals surface area contributed by atoms with Gasteiger partial charge < -0.3 is 16.9 Å². The van der Waals surface area contributed by atoms with Gasteiger partial charge in [-0.1, -0.05) is 18.2 Å². The van der Waals surface area contributed by atoms with Crippen molar-refractivity contribution in [2.24, 2.45) is 5.73 Å². The minimum atomic E-state index is -5.07. The Balaban J connectivity index is 2.40. The van der Waals surface area contributed by atoms with Gasteiger partial charge in [-0.3, -0.25) is 4.79 Å². The van der Waals surface area contributed by atoms with Crippen LogP contribution in [0.5, 0.6) is 0 Å². The number of nitrogen functional groups attached to an aromatic ring is 1. The Bertz CT molecular complexity index is 1200. The molecule has 0 unspecified atom stereocenters. The number of carbonyl (C=O) groups excluding carboxylic acids is 1. The molecule has 2 rings (SSSR count). The molecule has 1 aromatic heterocycles. The lowest BCUT2D eigenvalue weighted by Crippen LogP contribution is -2.15. The lowest BCUT2D eigenvalue weighted by atomic mass is 10.0. The molecule has 7 nitrogen and oxygen atoms in total. The molecule has 0 fully saturated rings. The first kappa shape index (κ1) is 26.1. The fraction of sp³-hybridized carbons (Fsp3) is 0.143. The molecule has 1 heterocycles. The molecule has 0 bridgehead atoms. The molecule has 0 aliphatic heterocycles. The van der Waals surface area contributed by atoms with Crippen molar-refractivity contribution in [2.45, 2.75) is 19.3 Å². The minimum Gasteiger partial charge on any atom is -0.398 e. The summed E-state index contributed by atoms with van der Waals surface area (Å²) in [6.07, 6.45) is -5.14. The monoisotopic (exact) mass is 484 g/mol. The highest BCUT2D eigenvalue weighted by molar-refractivity contribution is 6.22. The van der Waals surface area contributed by atoms with E-state index in [2.05, 4.69) is 10.1 Å². The number of halogens is 6. The molecule has 1 aromatic carbocycles. The molecule has 0 aliphatic carbocycles. The highest BCUT2D eigenvalue weighted by Crippen LogP contribution is 2.33. The summed E-state index contributed by atoms with van der Waals surface area (Å²) in [5.41, 5.74) is 8.98. The number of nitrogens with zero attached hydrogens (tertiary/aromatic N) is 3. The maximum atomic E-state index is 13.2. The van der Waals surface area contributed by atoms with E-state index in [1.165, 1.54) is 18.2 Å². The van der Waals surface area contributed by atoms with Gasteiger partial charge in [0, 0.05) is 23.7 Å². The highest BCUT2D eigenvalue weighted by atomic mass is 19.4. The topological polar surface area (TPSA) is 124 Å². The third-order valence-corrected chi connectivity index (χ3v) is 4.29. The average Bonchev–Trinajstić information content (AvgIpc) is 3.17. The Hall–Kier alpha value is -4.16. The van der Waals surface area contributed by atoms with Crippen LogP contribution in [-0.2, 0) is 4.79 Å². The van der Waals surface area contributed by atoms with Crippen LogP contribution in [0.3, 0.4) is 0 Å². The molecule has 0 saturated heterocycles. The van der Waals surface area contributed by atoms with Gasteiger partial charge in [0.15, 0.2) is 5.82 Å². The van der Waals surface area contributed by atoms with E-state index in [1.807, 2.05) is 0 Å². The third kappa shape index (κ3) is 6.67. The van der Waals surface area contributed by atoms with Crippen LogP contribution in [0.4, 0.5) is 32.0 Å². The molecule has 0 radical (unpaired) electrons. The normalized spacial score (nSPS) is 14.0. The number of nitrogens with one attached hydrogen (secondary N) is 1. The number of allylic oxidation sites excluding steroid dienone is 5. The van der Waals surface area contributed by atoms with Crippen LogP contribution in [-0.4, -0.2) is 39.2 Å². The number of aromatic nitrogens is 3. The number of nitrogens with two attached hydrogens (primary N) is 2.